The molecule has 0 spiro atoms. The van der Waals surface area contributed by atoms with Crippen molar-refractivity contribution in [2.75, 3.05) is 21.3 Å². The molecule has 1 fully saturated rings. The predicted octanol–water partition coefficient (Wildman–Crippen LogP) is 2.62. The Morgan fingerprint density at radius 2 is 1.78 bits per heavy atom. The number of ketones is 1. The Labute approximate surface area is 108 Å². The maximum absolute atomic E-state index is 11.9. The van der Waals surface area contributed by atoms with E-state index in [0.717, 1.165) is 6.42 Å². The van der Waals surface area contributed by atoms with Gasteiger partial charge in [0.1, 0.15) is 0 Å². The SMILES string of the molecule is CCCC1OP(OC)(OC)(OC)OC1(C)C(C)=O. The van der Waals surface area contributed by atoms with E-state index in [9.17, 15) is 4.79 Å². The zero-order valence-corrected chi connectivity index (χ0v) is 12.8. The predicted molar refractivity (Wildman–Crippen MR) is 67.9 cm³/mol. The van der Waals surface area contributed by atoms with Crippen molar-refractivity contribution in [3.8, 4) is 0 Å². The molecule has 1 saturated heterocycles. The summed E-state index contributed by atoms with van der Waals surface area (Å²) in [6, 6.07) is 0. The van der Waals surface area contributed by atoms with Crippen LogP contribution in [0.1, 0.15) is 33.6 Å². The van der Waals surface area contributed by atoms with Gasteiger partial charge in [-0.1, -0.05) is 0 Å². The van der Waals surface area contributed by atoms with Crippen LogP contribution in [0.5, 0.6) is 0 Å². The average molecular weight is 282 g/mol. The zero-order valence-electron chi connectivity index (χ0n) is 11.9. The standard InChI is InChI=1S/C11H23O6P/c1-7-8-10-11(3,9(2)12)17-18(13-4,14-5,15-6)16-10/h10H,7-8H2,1-6H3. The Balaban J connectivity index is 3.21. The second kappa shape index (κ2) is 5.12. The molecule has 0 N–H and O–H groups in total. The van der Waals surface area contributed by atoms with Crippen molar-refractivity contribution >= 4 is 13.5 Å². The molecule has 0 aromatic heterocycles. The van der Waals surface area contributed by atoms with Gasteiger partial charge in [0.25, 0.3) is 0 Å². The second-order valence-corrected chi connectivity index (χ2v) is 7.41. The first-order chi connectivity index (χ1) is 8.31. The third kappa shape index (κ3) is 2.22. The van der Waals surface area contributed by atoms with Gasteiger partial charge in [0.05, 0.1) is 0 Å². The van der Waals surface area contributed by atoms with Gasteiger partial charge in [-0.05, 0) is 0 Å². The molecule has 108 valence electrons. The van der Waals surface area contributed by atoms with E-state index in [2.05, 4.69) is 0 Å². The average Bonchev–Trinajstić information content (AvgIpc) is 2.64. The van der Waals surface area contributed by atoms with E-state index in [4.69, 9.17) is 22.6 Å². The molecule has 18 heavy (non-hydrogen) atoms. The van der Waals surface area contributed by atoms with Crippen LogP contribution in [0.25, 0.3) is 0 Å². The molecule has 0 amide bonds. The summed E-state index contributed by atoms with van der Waals surface area (Å²) < 4.78 is 27.5. The third-order valence-electron chi connectivity index (χ3n) is 3.40. The summed E-state index contributed by atoms with van der Waals surface area (Å²) in [5.41, 5.74) is -1.12. The molecule has 0 bridgehead atoms. The van der Waals surface area contributed by atoms with Gasteiger partial charge in [-0.2, -0.15) is 0 Å². The molecule has 0 aromatic carbocycles. The van der Waals surface area contributed by atoms with Crippen molar-refractivity contribution in [1.29, 1.82) is 0 Å². The van der Waals surface area contributed by atoms with Gasteiger partial charge in [0, 0.05) is 0 Å². The van der Waals surface area contributed by atoms with E-state index in [1.807, 2.05) is 6.92 Å². The summed E-state index contributed by atoms with van der Waals surface area (Å²) in [5, 5.41) is 0. The molecule has 0 aliphatic carbocycles. The molecule has 6 nitrogen and oxygen atoms in total. The van der Waals surface area contributed by atoms with Crippen LogP contribution in [0.3, 0.4) is 0 Å². The first kappa shape index (κ1) is 16.0. The van der Waals surface area contributed by atoms with E-state index in [0.29, 0.717) is 6.42 Å². The van der Waals surface area contributed by atoms with Gasteiger partial charge in [0.15, 0.2) is 0 Å². The molecule has 7 heteroatoms. The molecular formula is C11H23O6P. The molecule has 0 radical (unpaired) electrons. The van der Waals surface area contributed by atoms with E-state index < -0.39 is 19.4 Å². The van der Waals surface area contributed by atoms with Gasteiger partial charge in [-0.25, -0.2) is 0 Å². The van der Waals surface area contributed by atoms with Crippen LogP contribution in [0.4, 0.5) is 0 Å². The van der Waals surface area contributed by atoms with E-state index in [1.54, 1.807) is 6.92 Å². The van der Waals surface area contributed by atoms with Crippen LogP contribution < -0.4 is 0 Å². The fraction of sp³-hybridized carbons (Fsp3) is 0.909. The molecule has 1 heterocycles. The Hall–Kier alpha value is -0.1000. The first-order valence-corrected chi connectivity index (χ1v) is 7.76. The summed E-state index contributed by atoms with van der Waals surface area (Å²) in [5.74, 6) is -0.140. The summed E-state index contributed by atoms with van der Waals surface area (Å²) in [7, 11) is 0.0627. The van der Waals surface area contributed by atoms with Crippen LogP contribution in [0, 0.1) is 0 Å². The van der Waals surface area contributed by atoms with Crippen LogP contribution in [0.15, 0.2) is 0 Å². The quantitative estimate of drug-likeness (QED) is 0.698. The van der Waals surface area contributed by atoms with Crippen molar-refractivity contribution in [2.45, 2.75) is 45.3 Å². The molecule has 0 aromatic rings. The molecule has 2 atom stereocenters. The molecule has 1 aliphatic heterocycles. The van der Waals surface area contributed by atoms with Gasteiger partial charge in [-0.15, -0.1) is 0 Å². The van der Waals surface area contributed by atoms with Crippen molar-refractivity contribution in [3.05, 3.63) is 0 Å². The van der Waals surface area contributed by atoms with E-state index >= 15 is 0 Å². The number of hydrogen-bond acceptors (Lipinski definition) is 6. The van der Waals surface area contributed by atoms with Crippen LogP contribution in [-0.4, -0.2) is 38.8 Å². The Morgan fingerprint density at radius 3 is 2.11 bits per heavy atom. The number of Topliss-reactive ketones (excluding diaryl/α,β-unsaturated/α-hetero) is 1. The van der Waals surface area contributed by atoms with Crippen molar-refractivity contribution in [3.63, 3.8) is 0 Å². The maximum atomic E-state index is 11.9. The fourth-order valence-electron chi connectivity index (χ4n) is 2.04. The Morgan fingerprint density at radius 1 is 1.28 bits per heavy atom. The van der Waals surface area contributed by atoms with Crippen molar-refractivity contribution < 1.29 is 27.4 Å². The number of carbonyl (C=O) groups is 1. The van der Waals surface area contributed by atoms with Gasteiger partial charge in [-0.3, -0.25) is 0 Å². The molecule has 1 rings (SSSR count). The Bertz CT molecular complexity index is 318. The fourth-order valence-corrected chi connectivity index (χ4v) is 4.60. The number of hydrogen-bond donors (Lipinski definition) is 0. The first-order valence-electron chi connectivity index (χ1n) is 5.94. The number of carbonyl (C=O) groups excluding carboxylic acids is 1. The molecule has 0 saturated carbocycles. The summed E-state index contributed by atoms with van der Waals surface area (Å²) >= 11 is 0. The van der Waals surface area contributed by atoms with Crippen molar-refractivity contribution in [1.82, 2.24) is 0 Å². The Kier molecular flexibility index (Phi) is 4.53. The number of rotatable bonds is 6. The van der Waals surface area contributed by atoms with Crippen LogP contribution in [0.2, 0.25) is 0 Å². The summed E-state index contributed by atoms with van der Waals surface area (Å²) in [6.45, 7) is 5.15. The van der Waals surface area contributed by atoms with Gasteiger partial charge in [0.2, 0.25) is 0 Å². The minimum absolute atomic E-state index is 0.140. The zero-order chi connectivity index (χ0) is 14.1. The topological polar surface area (TPSA) is 63.2 Å². The van der Waals surface area contributed by atoms with Gasteiger partial charge >= 0.3 is 108 Å². The molecule has 2 unspecified atom stereocenters. The normalized spacial score (nSPS) is 35.9. The summed E-state index contributed by atoms with van der Waals surface area (Å²) in [4.78, 5) is 11.9. The minimum atomic E-state index is -4.10. The second-order valence-electron chi connectivity index (χ2n) is 4.43. The van der Waals surface area contributed by atoms with Crippen LogP contribution >= 0.6 is 7.74 Å². The molecular weight excluding hydrogens is 259 g/mol. The summed E-state index contributed by atoms with van der Waals surface area (Å²) in [6.07, 6.45) is 1.06. The van der Waals surface area contributed by atoms with E-state index in [1.165, 1.54) is 28.3 Å². The van der Waals surface area contributed by atoms with Crippen molar-refractivity contribution in [2.24, 2.45) is 0 Å². The monoisotopic (exact) mass is 282 g/mol. The van der Waals surface area contributed by atoms with Gasteiger partial charge < -0.3 is 0 Å². The molecule has 1 aliphatic rings. The van der Waals surface area contributed by atoms with E-state index in [-0.39, 0.29) is 5.78 Å². The third-order valence-corrected chi connectivity index (χ3v) is 6.46. The van der Waals surface area contributed by atoms with Crippen LogP contribution in [-0.2, 0) is 27.4 Å².